The Hall–Kier alpha value is -1.23. The van der Waals surface area contributed by atoms with Crippen molar-refractivity contribution in [3.63, 3.8) is 0 Å². The highest BCUT2D eigenvalue weighted by Gasteiger charge is 2.19. The maximum Gasteiger partial charge on any atom is 0.183 e. The zero-order valence-corrected chi connectivity index (χ0v) is 11.9. The lowest BCUT2D eigenvalue weighted by molar-refractivity contribution is -0.530. The highest BCUT2D eigenvalue weighted by Crippen LogP contribution is 2.31. The molecule has 0 fully saturated rings. The van der Waals surface area contributed by atoms with Crippen LogP contribution in [0.5, 0.6) is 11.5 Å². The van der Waals surface area contributed by atoms with E-state index in [4.69, 9.17) is 4.74 Å². The fraction of sp³-hybridized carbons (Fsp3) is 0.417. The van der Waals surface area contributed by atoms with Crippen LogP contribution in [0.3, 0.4) is 0 Å². The molecule has 0 aliphatic rings. The van der Waals surface area contributed by atoms with Crippen molar-refractivity contribution < 1.29 is 14.6 Å². The van der Waals surface area contributed by atoms with Crippen LogP contribution < -0.4 is 4.74 Å². The molecular formula is C12H16BrNO3. The lowest BCUT2D eigenvalue weighted by atomic mass is 10.1. The fourth-order valence-electron chi connectivity index (χ4n) is 1.14. The van der Waals surface area contributed by atoms with Gasteiger partial charge in [-0.05, 0) is 28.1 Å². The van der Waals surface area contributed by atoms with Gasteiger partial charge in [0.2, 0.25) is 0 Å². The predicted octanol–water partition coefficient (Wildman–Crippen LogP) is 2.89. The van der Waals surface area contributed by atoms with E-state index in [-0.39, 0.29) is 5.75 Å². The molecule has 0 radical (unpaired) electrons. The molecule has 0 bridgehead atoms. The zero-order valence-electron chi connectivity index (χ0n) is 10.3. The molecule has 0 unspecified atom stereocenters. The molecular weight excluding hydrogens is 286 g/mol. The van der Waals surface area contributed by atoms with Gasteiger partial charge < -0.3 is 15.1 Å². The summed E-state index contributed by atoms with van der Waals surface area (Å²) in [7, 11) is 1.47. The lowest BCUT2D eigenvalue weighted by Gasteiger charge is -2.19. The molecule has 1 rings (SSSR count). The molecule has 1 N–H and O–H groups in total. The van der Waals surface area contributed by atoms with Crippen molar-refractivity contribution >= 4 is 22.1 Å². The minimum absolute atomic E-state index is 0.00394. The van der Waals surface area contributed by atoms with Crippen molar-refractivity contribution in [2.45, 2.75) is 26.3 Å². The first-order valence-corrected chi connectivity index (χ1v) is 5.93. The van der Waals surface area contributed by atoms with Crippen molar-refractivity contribution in [1.29, 1.82) is 0 Å². The number of hydrogen-bond acceptors (Lipinski definition) is 3. The molecule has 4 nitrogen and oxygen atoms in total. The Morgan fingerprint density at radius 1 is 1.41 bits per heavy atom. The Balaban J connectivity index is 3.21. The number of hydrogen-bond donors (Lipinski definition) is 1. The number of phenolic OH excluding ortho intramolecular Hbond substituents is 1. The molecule has 17 heavy (non-hydrogen) atoms. The van der Waals surface area contributed by atoms with Gasteiger partial charge in [-0.25, -0.2) is 4.74 Å². The van der Waals surface area contributed by atoms with Crippen LogP contribution in [0.2, 0.25) is 0 Å². The molecule has 1 aromatic rings. The number of benzene rings is 1. The molecule has 5 heteroatoms. The van der Waals surface area contributed by atoms with Crippen molar-refractivity contribution in [2.24, 2.45) is 0 Å². The molecule has 0 aromatic heterocycles. The van der Waals surface area contributed by atoms with Gasteiger partial charge in [0.1, 0.15) is 0 Å². The topological polar surface area (TPSA) is 55.5 Å². The molecule has 0 spiro atoms. The van der Waals surface area contributed by atoms with E-state index in [1.165, 1.54) is 19.4 Å². The van der Waals surface area contributed by atoms with Crippen LogP contribution in [0.25, 0.3) is 0 Å². The van der Waals surface area contributed by atoms with Gasteiger partial charge in [-0.2, -0.15) is 0 Å². The Labute approximate surface area is 109 Å². The number of aromatic hydroxyl groups is 1. The second-order valence-electron chi connectivity index (χ2n) is 4.67. The molecule has 0 saturated heterocycles. The first kappa shape index (κ1) is 13.8. The van der Waals surface area contributed by atoms with E-state index in [9.17, 15) is 10.3 Å². The van der Waals surface area contributed by atoms with Crippen LogP contribution in [0, 0.1) is 5.21 Å². The summed E-state index contributed by atoms with van der Waals surface area (Å²) in [6.07, 6.45) is 1.43. The number of hydroxylamine groups is 1. The third-order valence-electron chi connectivity index (χ3n) is 2.22. The van der Waals surface area contributed by atoms with E-state index in [1.54, 1.807) is 6.07 Å². The van der Waals surface area contributed by atoms with Crippen LogP contribution in [-0.4, -0.2) is 28.7 Å². The maximum absolute atomic E-state index is 11.8. The Kier molecular flexibility index (Phi) is 4.03. The van der Waals surface area contributed by atoms with Crippen molar-refractivity contribution in [1.82, 2.24) is 0 Å². The largest absolute Gasteiger partial charge is 0.623 e. The van der Waals surface area contributed by atoms with E-state index in [1.807, 2.05) is 20.8 Å². The molecule has 0 atom stereocenters. The maximum atomic E-state index is 11.8. The van der Waals surface area contributed by atoms with E-state index >= 15 is 0 Å². The number of phenols is 1. The predicted molar refractivity (Wildman–Crippen MR) is 70.9 cm³/mol. The third kappa shape index (κ3) is 3.36. The Morgan fingerprint density at radius 3 is 2.47 bits per heavy atom. The van der Waals surface area contributed by atoms with Gasteiger partial charge in [0.05, 0.1) is 12.7 Å². The third-order valence-corrected chi connectivity index (χ3v) is 2.90. The standard InChI is InChI=1S/C12H16BrNO3/c1-12(2,3)14(16)7-8-5-10(15)11(17-4)6-9(8)13/h5-7,15H,1-4H3/b14-7+. The van der Waals surface area contributed by atoms with Gasteiger partial charge in [-0.1, -0.05) is 0 Å². The van der Waals surface area contributed by atoms with Crippen molar-refractivity contribution in [3.05, 3.63) is 27.4 Å². The van der Waals surface area contributed by atoms with Crippen LogP contribution in [0.15, 0.2) is 16.6 Å². The van der Waals surface area contributed by atoms with Crippen LogP contribution in [-0.2, 0) is 0 Å². The minimum Gasteiger partial charge on any atom is -0.623 e. The highest BCUT2D eigenvalue weighted by molar-refractivity contribution is 9.10. The summed E-state index contributed by atoms with van der Waals surface area (Å²) in [6, 6.07) is 3.11. The Bertz CT molecular complexity index is 450. The quantitative estimate of drug-likeness (QED) is 0.395. The average Bonchev–Trinajstić information content (AvgIpc) is 2.21. The first-order valence-electron chi connectivity index (χ1n) is 5.13. The SMILES string of the molecule is COc1cc(Br)c(/C=[N+](/[O-])C(C)(C)C)cc1O. The zero-order chi connectivity index (χ0) is 13.2. The average molecular weight is 302 g/mol. The monoisotopic (exact) mass is 301 g/mol. The van der Waals surface area contributed by atoms with Gasteiger partial charge in [0.15, 0.2) is 23.3 Å². The molecule has 1 aromatic carbocycles. The molecule has 94 valence electrons. The molecule has 0 saturated carbocycles. The summed E-state index contributed by atoms with van der Waals surface area (Å²) < 4.78 is 6.51. The van der Waals surface area contributed by atoms with E-state index in [2.05, 4.69) is 15.9 Å². The van der Waals surface area contributed by atoms with Crippen LogP contribution in [0.4, 0.5) is 0 Å². The number of halogens is 1. The summed E-state index contributed by atoms with van der Waals surface area (Å²) >= 11 is 3.33. The lowest BCUT2D eigenvalue weighted by Crippen LogP contribution is -2.29. The van der Waals surface area contributed by atoms with Gasteiger partial charge in [-0.3, -0.25) is 0 Å². The second-order valence-corrected chi connectivity index (χ2v) is 5.53. The number of ether oxygens (including phenoxy) is 1. The van der Waals surface area contributed by atoms with Gasteiger partial charge in [0, 0.05) is 25.2 Å². The minimum atomic E-state index is -0.519. The van der Waals surface area contributed by atoms with Crippen LogP contribution >= 0.6 is 15.9 Å². The van der Waals surface area contributed by atoms with Crippen molar-refractivity contribution in [3.8, 4) is 11.5 Å². The van der Waals surface area contributed by atoms with Gasteiger partial charge in [0.25, 0.3) is 0 Å². The molecule has 0 amide bonds. The first-order chi connectivity index (χ1) is 7.75. The summed E-state index contributed by atoms with van der Waals surface area (Å²) in [5.41, 5.74) is 0.0860. The van der Waals surface area contributed by atoms with Gasteiger partial charge >= 0.3 is 0 Å². The summed E-state index contributed by atoms with van der Waals surface area (Å²) in [6.45, 7) is 5.44. The summed E-state index contributed by atoms with van der Waals surface area (Å²) in [5, 5.41) is 21.4. The summed E-state index contributed by atoms with van der Waals surface area (Å²) in [5.74, 6) is 0.367. The second kappa shape index (κ2) is 4.96. The van der Waals surface area contributed by atoms with E-state index < -0.39 is 5.54 Å². The van der Waals surface area contributed by atoms with Gasteiger partial charge in [-0.15, -0.1) is 0 Å². The molecule has 0 heterocycles. The fourth-order valence-corrected chi connectivity index (χ4v) is 1.57. The molecule has 0 aliphatic carbocycles. The van der Waals surface area contributed by atoms with Crippen LogP contribution in [0.1, 0.15) is 26.3 Å². The number of rotatable bonds is 2. The smallest absolute Gasteiger partial charge is 0.183 e. The highest BCUT2D eigenvalue weighted by atomic mass is 79.9. The van der Waals surface area contributed by atoms with E-state index in [0.717, 1.165) is 4.74 Å². The molecule has 0 aliphatic heterocycles. The number of nitrogens with zero attached hydrogens (tertiary/aromatic N) is 1. The van der Waals surface area contributed by atoms with E-state index in [0.29, 0.717) is 15.8 Å². The number of methoxy groups -OCH3 is 1. The Morgan fingerprint density at radius 2 is 2.00 bits per heavy atom. The summed E-state index contributed by atoms with van der Waals surface area (Å²) in [4.78, 5) is 0. The normalized spacial score (nSPS) is 12.6. The van der Waals surface area contributed by atoms with Crippen molar-refractivity contribution in [2.75, 3.05) is 7.11 Å².